The Kier molecular flexibility index (Phi) is 6.82. The fourth-order valence-corrected chi connectivity index (χ4v) is 2.43. The monoisotopic (exact) mass is 326 g/mol. The SMILES string of the molecule is CCNCc1cccc(NC(=O)C(CC)Oc2cccc(C)c2)c1. The van der Waals surface area contributed by atoms with Crippen LogP contribution in [0.1, 0.15) is 31.4 Å². The lowest BCUT2D eigenvalue weighted by Crippen LogP contribution is -2.32. The zero-order valence-corrected chi connectivity index (χ0v) is 14.6. The molecular weight excluding hydrogens is 300 g/mol. The van der Waals surface area contributed by atoms with Crippen LogP contribution in [0, 0.1) is 6.92 Å². The summed E-state index contributed by atoms with van der Waals surface area (Å²) in [5.74, 6) is 0.595. The molecule has 24 heavy (non-hydrogen) atoms. The number of hydrogen-bond acceptors (Lipinski definition) is 3. The summed E-state index contributed by atoms with van der Waals surface area (Å²) in [6.45, 7) is 7.72. The molecule has 1 unspecified atom stereocenters. The minimum Gasteiger partial charge on any atom is -0.481 e. The van der Waals surface area contributed by atoms with Gasteiger partial charge in [-0.25, -0.2) is 0 Å². The maximum atomic E-state index is 12.5. The fourth-order valence-electron chi connectivity index (χ4n) is 2.43. The Labute approximate surface area is 144 Å². The van der Waals surface area contributed by atoms with Crippen molar-refractivity contribution in [3.05, 3.63) is 59.7 Å². The van der Waals surface area contributed by atoms with Gasteiger partial charge in [-0.05, 0) is 55.3 Å². The van der Waals surface area contributed by atoms with Crippen LogP contribution >= 0.6 is 0 Å². The highest BCUT2D eigenvalue weighted by Crippen LogP contribution is 2.17. The summed E-state index contributed by atoms with van der Waals surface area (Å²) in [6, 6.07) is 15.6. The molecule has 128 valence electrons. The summed E-state index contributed by atoms with van der Waals surface area (Å²) in [6.07, 6.45) is 0.0980. The zero-order valence-electron chi connectivity index (χ0n) is 14.6. The molecule has 4 nitrogen and oxygen atoms in total. The first kappa shape index (κ1) is 18.0. The second-order valence-electron chi connectivity index (χ2n) is 5.80. The summed E-state index contributed by atoms with van der Waals surface area (Å²) in [5, 5.41) is 6.23. The van der Waals surface area contributed by atoms with Crippen molar-refractivity contribution in [2.45, 2.75) is 39.8 Å². The molecule has 4 heteroatoms. The van der Waals surface area contributed by atoms with Crippen LogP contribution in [0.2, 0.25) is 0 Å². The highest BCUT2D eigenvalue weighted by Gasteiger charge is 2.18. The molecule has 2 N–H and O–H groups in total. The van der Waals surface area contributed by atoms with Crippen LogP contribution in [-0.2, 0) is 11.3 Å². The van der Waals surface area contributed by atoms with Crippen LogP contribution in [-0.4, -0.2) is 18.6 Å². The third-order valence-corrected chi connectivity index (χ3v) is 3.70. The van der Waals surface area contributed by atoms with E-state index in [1.54, 1.807) is 0 Å². The van der Waals surface area contributed by atoms with E-state index in [0.717, 1.165) is 35.7 Å². The number of rotatable bonds is 8. The second kappa shape index (κ2) is 9.08. The second-order valence-corrected chi connectivity index (χ2v) is 5.80. The minimum atomic E-state index is -0.510. The predicted octanol–water partition coefficient (Wildman–Crippen LogP) is 3.90. The lowest BCUT2D eigenvalue weighted by molar-refractivity contribution is -0.122. The number of hydrogen-bond donors (Lipinski definition) is 2. The highest BCUT2D eigenvalue weighted by atomic mass is 16.5. The van der Waals surface area contributed by atoms with E-state index in [1.165, 1.54) is 0 Å². The van der Waals surface area contributed by atoms with Gasteiger partial charge in [0.15, 0.2) is 6.10 Å². The van der Waals surface area contributed by atoms with E-state index in [2.05, 4.69) is 17.6 Å². The predicted molar refractivity (Wildman–Crippen MR) is 98.3 cm³/mol. The molecule has 0 saturated carbocycles. The molecule has 0 aliphatic heterocycles. The van der Waals surface area contributed by atoms with E-state index in [4.69, 9.17) is 4.74 Å². The first-order chi connectivity index (χ1) is 11.6. The van der Waals surface area contributed by atoms with Gasteiger partial charge in [0, 0.05) is 12.2 Å². The summed E-state index contributed by atoms with van der Waals surface area (Å²) in [4.78, 5) is 12.5. The van der Waals surface area contributed by atoms with Gasteiger partial charge >= 0.3 is 0 Å². The molecule has 1 atom stereocenters. The van der Waals surface area contributed by atoms with Gasteiger partial charge in [0.05, 0.1) is 0 Å². The Morgan fingerprint density at radius 3 is 2.62 bits per heavy atom. The first-order valence-electron chi connectivity index (χ1n) is 8.46. The maximum absolute atomic E-state index is 12.5. The largest absolute Gasteiger partial charge is 0.481 e. The average molecular weight is 326 g/mol. The molecular formula is C20H26N2O2. The van der Waals surface area contributed by atoms with E-state index < -0.39 is 6.10 Å². The third-order valence-electron chi connectivity index (χ3n) is 3.70. The number of nitrogens with one attached hydrogen (secondary N) is 2. The van der Waals surface area contributed by atoms with E-state index in [-0.39, 0.29) is 5.91 Å². The smallest absolute Gasteiger partial charge is 0.265 e. The van der Waals surface area contributed by atoms with Crippen molar-refractivity contribution in [1.29, 1.82) is 0 Å². The van der Waals surface area contributed by atoms with Gasteiger partial charge in [-0.15, -0.1) is 0 Å². The van der Waals surface area contributed by atoms with Gasteiger partial charge in [0.1, 0.15) is 5.75 Å². The number of carbonyl (C=O) groups is 1. The van der Waals surface area contributed by atoms with Crippen molar-refractivity contribution in [3.8, 4) is 5.75 Å². The molecule has 2 aromatic rings. The number of amides is 1. The van der Waals surface area contributed by atoms with Gasteiger partial charge < -0.3 is 15.4 Å². The number of benzene rings is 2. The van der Waals surface area contributed by atoms with Crippen LogP contribution in [0.5, 0.6) is 5.75 Å². The van der Waals surface area contributed by atoms with Crippen LogP contribution in [0.15, 0.2) is 48.5 Å². The van der Waals surface area contributed by atoms with Gasteiger partial charge in [0.2, 0.25) is 0 Å². The van der Waals surface area contributed by atoms with E-state index >= 15 is 0 Å². The van der Waals surface area contributed by atoms with Crippen molar-refractivity contribution >= 4 is 11.6 Å². The average Bonchev–Trinajstić information content (AvgIpc) is 2.58. The molecule has 2 rings (SSSR count). The molecule has 0 aliphatic carbocycles. The molecule has 0 spiro atoms. The molecule has 0 saturated heterocycles. The van der Waals surface area contributed by atoms with E-state index in [0.29, 0.717) is 6.42 Å². The van der Waals surface area contributed by atoms with Crippen LogP contribution in [0.3, 0.4) is 0 Å². The Balaban J connectivity index is 2.01. The Morgan fingerprint density at radius 2 is 1.92 bits per heavy atom. The van der Waals surface area contributed by atoms with E-state index in [1.807, 2.05) is 62.4 Å². The molecule has 0 bridgehead atoms. The third kappa shape index (κ3) is 5.39. The standard InChI is InChI=1S/C20H26N2O2/c1-4-19(24-18-11-6-8-15(3)12-18)20(23)22-17-10-7-9-16(13-17)14-21-5-2/h6-13,19,21H,4-5,14H2,1-3H3,(H,22,23). The van der Waals surface area contributed by atoms with Gasteiger partial charge in [-0.2, -0.15) is 0 Å². The van der Waals surface area contributed by atoms with E-state index in [9.17, 15) is 4.79 Å². The molecule has 0 heterocycles. The molecule has 0 radical (unpaired) electrons. The Hall–Kier alpha value is -2.33. The Bertz CT molecular complexity index is 670. The molecule has 0 aromatic heterocycles. The van der Waals surface area contributed by atoms with Crippen LogP contribution in [0.25, 0.3) is 0 Å². The Morgan fingerprint density at radius 1 is 1.12 bits per heavy atom. The van der Waals surface area contributed by atoms with Crippen LogP contribution < -0.4 is 15.4 Å². The summed E-state index contributed by atoms with van der Waals surface area (Å²) in [7, 11) is 0. The topological polar surface area (TPSA) is 50.4 Å². The maximum Gasteiger partial charge on any atom is 0.265 e. The van der Waals surface area contributed by atoms with Gasteiger partial charge in [-0.3, -0.25) is 4.79 Å². The number of anilines is 1. The van der Waals surface area contributed by atoms with Crippen molar-refractivity contribution < 1.29 is 9.53 Å². The summed E-state index contributed by atoms with van der Waals surface area (Å²) < 4.78 is 5.85. The lowest BCUT2D eigenvalue weighted by Gasteiger charge is -2.18. The number of aryl methyl sites for hydroxylation is 1. The normalized spacial score (nSPS) is 11.8. The molecule has 0 aliphatic rings. The fraction of sp³-hybridized carbons (Fsp3) is 0.350. The van der Waals surface area contributed by atoms with Gasteiger partial charge in [0.25, 0.3) is 5.91 Å². The zero-order chi connectivity index (χ0) is 17.4. The quantitative estimate of drug-likeness (QED) is 0.773. The van der Waals surface area contributed by atoms with Crippen molar-refractivity contribution in [3.63, 3.8) is 0 Å². The van der Waals surface area contributed by atoms with Crippen molar-refractivity contribution in [2.75, 3.05) is 11.9 Å². The minimum absolute atomic E-state index is 0.125. The highest BCUT2D eigenvalue weighted by molar-refractivity contribution is 5.94. The van der Waals surface area contributed by atoms with Crippen LogP contribution in [0.4, 0.5) is 5.69 Å². The molecule has 2 aromatic carbocycles. The summed E-state index contributed by atoms with van der Waals surface area (Å²) >= 11 is 0. The van der Waals surface area contributed by atoms with Gasteiger partial charge in [-0.1, -0.05) is 38.1 Å². The molecule has 0 fully saturated rings. The first-order valence-corrected chi connectivity index (χ1v) is 8.46. The number of ether oxygens (including phenoxy) is 1. The molecule has 1 amide bonds. The summed E-state index contributed by atoms with van der Waals surface area (Å²) in [5.41, 5.74) is 3.04. The lowest BCUT2D eigenvalue weighted by atomic mass is 10.2. The van der Waals surface area contributed by atoms with Crippen molar-refractivity contribution in [2.24, 2.45) is 0 Å². The number of carbonyl (C=O) groups excluding carboxylic acids is 1. The van der Waals surface area contributed by atoms with Crippen molar-refractivity contribution in [1.82, 2.24) is 5.32 Å².